The normalized spacial score (nSPS) is 11.8. The summed E-state index contributed by atoms with van der Waals surface area (Å²) in [4.78, 5) is 12.8. The highest BCUT2D eigenvalue weighted by atomic mass is 32.2. The minimum atomic E-state index is -3.65. The summed E-state index contributed by atoms with van der Waals surface area (Å²) in [5.74, 6) is 0. The van der Waals surface area contributed by atoms with Crippen LogP contribution in [0.2, 0.25) is 0 Å². The molecule has 2 aromatic heterocycles. The van der Waals surface area contributed by atoms with E-state index in [9.17, 15) is 8.42 Å². The van der Waals surface area contributed by atoms with Gasteiger partial charge in [0.05, 0.1) is 20.8 Å². The van der Waals surface area contributed by atoms with E-state index in [1.54, 1.807) is 61.2 Å². The Kier molecular flexibility index (Phi) is 3.06. The number of sulfone groups is 1. The van der Waals surface area contributed by atoms with Crippen molar-refractivity contribution < 1.29 is 8.42 Å². The second kappa shape index (κ2) is 5.10. The lowest BCUT2D eigenvalue weighted by atomic mass is 10.2. The van der Waals surface area contributed by atoms with E-state index >= 15 is 0 Å². The molecule has 5 nitrogen and oxygen atoms in total. The highest BCUT2D eigenvalue weighted by Gasteiger charge is 2.20. The quantitative estimate of drug-likeness (QED) is 0.567. The third kappa shape index (κ3) is 2.24. The van der Waals surface area contributed by atoms with Crippen molar-refractivity contribution in [2.45, 2.75) is 9.79 Å². The number of benzene rings is 2. The molecule has 4 rings (SSSR count). The molecular formula is C17H11N3O2S. The molecule has 2 heterocycles. The van der Waals surface area contributed by atoms with Crippen LogP contribution < -0.4 is 0 Å². The lowest BCUT2D eigenvalue weighted by Crippen LogP contribution is -2.03. The smallest absolute Gasteiger partial charge is 0.207 e. The average molecular weight is 321 g/mol. The van der Waals surface area contributed by atoms with Crippen molar-refractivity contribution in [1.29, 1.82) is 0 Å². The molecule has 0 N–H and O–H groups in total. The molecule has 4 aromatic rings. The SMILES string of the molecule is O=S(=O)(c1ccc2nccnc2c1)c1cccc2cnccc12. The third-order valence-corrected chi connectivity index (χ3v) is 5.49. The second-order valence-corrected chi connectivity index (χ2v) is 6.98. The van der Waals surface area contributed by atoms with E-state index in [-0.39, 0.29) is 9.79 Å². The van der Waals surface area contributed by atoms with Gasteiger partial charge in [-0.2, -0.15) is 0 Å². The van der Waals surface area contributed by atoms with Crippen LogP contribution in [0, 0.1) is 0 Å². The maximum atomic E-state index is 13.0. The molecule has 0 spiro atoms. The van der Waals surface area contributed by atoms with Gasteiger partial charge in [0, 0.05) is 35.6 Å². The van der Waals surface area contributed by atoms with E-state index in [1.807, 2.05) is 6.07 Å². The van der Waals surface area contributed by atoms with Gasteiger partial charge in [-0.25, -0.2) is 8.42 Å². The van der Waals surface area contributed by atoms with Crippen molar-refractivity contribution in [2.75, 3.05) is 0 Å². The Morgan fingerprint density at radius 1 is 0.826 bits per heavy atom. The molecule has 0 fully saturated rings. The molecule has 0 aliphatic rings. The van der Waals surface area contributed by atoms with Gasteiger partial charge >= 0.3 is 0 Å². The number of aromatic nitrogens is 3. The van der Waals surface area contributed by atoms with E-state index in [4.69, 9.17) is 0 Å². The van der Waals surface area contributed by atoms with Crippen molar-refractivity contribution in [2.24, 2.45) is 0 Å². The first-order valence-corrected chi connectivity index (χ1v) is 8.43. The largest absolute Gasteiger partial charge is 0.264 e. The van der Waals surface area contributed by atoms with Crippen LogP contribution in [0.5, 0.6) is 0 Å². The maximum absolute atomic E-state index is 13.0. The Hall–Kier alpha value is -2.86. The summed E-state index contributed by atoms with van der Waals surface area (Å²) in [6.45, 7) is 0. The van der Waals surface area contributed by atoms with Crippen molar-refractivity contribution in [3.63, 3.8) is 0 Å². The van der Waals surface area contributed by atoms with Crippen LogP contribution in [0.3, 0.4) is 0 Å². The van der Waals surface area contributed by atoms with Gasteiger partial charge in [0.25, 0.3) is 0 Å². The predicted octanol–water partition coefficient (Wildman–Crippen LogP) is 3.01. The lowest BCUT2D eigenvalue weighted by molar-refractivity contribution is 0.597. The summed E-state index contributed by atoms with van der Waals surface area (Å²) in [6.07, 6.45) is 6.37. The van der Waals surface area contributed by atoms with Crippen molar-refractivity contribution >= 4 is 31.6 Å². The Balaban J connectivity index is 1.98. The highest BCUT2D eigenvalue weighted by molar-refractivity contribution is 7.91. The minimum Gasteiger partial charge on any atom is -0.264 e. The topological polar surface area (TPSA) is 72.8 Å². The molecule has 23 heavy (non-hydrogen) atoms. The zero-order chi connectivity index (χ0) is 15.9. The van der Waals surface area contributed by atoms with E-state index in [1.165, 1.54) is 0 Å². The predicted molar refractivity (Wildman–Crippen MR) is 86.7 cm³/mol. The molecule has 2 aromatic carbocycles. The van der Waals surface area contributed by atoms with E-state index < -0.39 is 9.84 Å². The van der Waals surface area contributed by atoms with Gasteiger partial charge in [0.2, 0.25) is 9.84 Å². The van der Waals surface area contributed by atoms with Crippen molar-refractivity contribution in [1.82, 2.24) is 15.0 Å². The third-order valence-electron chi connectivity index (χ3n) is 3.68. The standard InChI is InChI=1S/C17H11N3O2S/c21-23(22,13-4-5-15-16(10-13)20-9-8-19-15)17-3-1-2-12-11-18-7-6-14(12)17/h1-11H. The first-order chi connectivity index (χ1) is 11.2. The fraction of sp³-hybridized carbons (Fsp3) is 0. The second-order valence-electron chi connectivity index (χ2n) is 5.06. The summed E-state index contributed by atoms with van der Waals surface area (Å²) in [5.41, 5.74) is 1.21. The Bertz CT molecular complexity index is 1140. The number of rotatable bonds is 2. The molecule has 0 radical (unpaired) electrons. The van der Waals surface area contributed by atoms with Gasteiger partial charge in [-0.05, 0) is 30.3 Å². The number of fused-ring (bicyclic) bond motifs is 2. The number of hydrogen-bond acceptors (Lipinski definition) is 5. The highest BCUT2D eigenvalue weighted by Crippen LogP contribution is 2.28. The van der Waals surface area contributed by atoms with Gasteiger partial charge in [0.15, 0.2) is 0 Å². The summed E-state index contributed by atoms with van der Waals surface area (Å²) in [7, 11) is -3.65. The van der Waals surface area contributed by atoms with Crippen LogP contribution in [-0.2, 0) is 9.84 Å². The number of pyridine rings is 1. The van der Waals surface area contributed by atoms with Crippen LogP contribution in [0.1, 0.15) is 0 Å². The summed E-state index contributed by atoms with van der Waals surface area (Å²) in [5, 5.41) is 1.44. The summed E-state index contributed by atoms with van der Waals surface area (Å²) < 4.78 is 26.0. The fourth-order valence-corrected chi connectivity index (χ4v) is 4.07. The van der Waals surface area contributed by atoms with Crippen LogP contribution >= 0.6 is 0 Å². The molecule has 0 aliphatic heterocycles. The average Bonchev–Trinajstić information content (AvgIpc) is 2.60. The first kappa shape index (κ1) is 13.8. The minimum absolute atomic E-state index is 0.204. The molecule has 0 saturated heterocycles. The van der Waals surface area contributed by atoms with E-state index in [0.717, 1.165) is 5.39 Å². The number of nitrogens with zero attached hydrogens (tertiary/aromatic N) is 3. The Morgan fingerprint density at radius 3 is 2.52 bits per heavy atom. The van der Waals surface area contributed by atoms with Gasteiger partial charge in [-0.3, -0.25) is 15.0 Å². The summed E-state index contributed by atoms with van der Waals surface area (Å²) in [6, 6.07) is 11.7. The van der Waals surface area contributed by atoms with Gasteiger partial charge in [-0.15, -0.1) is 0 Å². The zero-order valence-corrected chi connectivity index (χ0v) is 12.7. The van der Waals surface area contributed by atoms with E-state index in [2.05, 4.69) is 15.0 Å². The number of hydrogen-bond donors (Lipinski definition) is 0. The van der Waals surface area contributed by atoms with Crippen LogP contribution in [0.15, 0.2) is 77.0 Å². The first-order valence-electron chi connectivity index (χ1n) is 6.95. The molecule has 0 amide bonds. The maximum Gasteiger partial charge on any atom is 0.207 e. The van der Waals surface area contributed by atoms with Crippen molar-refractivity contribution in [3.8, 4) is 0 Å². The fourth-order valence-electron chi connectivity index (χ4n) is 2.56. The van der Waals surface area contributed by atoms with Gasteiger partial charge in [0.1, 0.15) is 0 Å². The molecule has 0 unspecified atom stereocenters. The Labute approximate surface area is 132 Å². The van der Waals surface area contributed by atoms with Crippen LogP contribution in [-0.4, -0.2) is 23.4 Å². The monoisotopic (exact) mass is 321 g/mol. The zero-order valence-electron chi connectivity index (χ0n) is 11.9. The van der Waals surface area contributed by atoms with Crippen molar-refractivity contribution in [3.05, 3.63) is 67.3 Å². The molecule has 6 heteroatoms. The Morgan fingerprint density at radius 2 is 1.65 bits per heavy atom. The summed E-state index contributed by atoms with van der Waals surface area (Å²) >= 11 is 0. The van der Waals surface area contributed by atoms with E-state index in [0.29, 0.717) is 16.4 Å². The van der Waals surface area contributed by atoms with Gasteiger partial charge < -0.3 is 0 Å². The van der Waals surface area contributed by atoms with Crippen LogP contribution in [0.25, 0.3) is 21.8 Å². The molecule has 0 saturated carbocycles. The molecular weight excluding hydrogens is 310 g/mol. The molecule has 0 aliphatic carbocycles. The molecule has 0 atom stereocenters. The van der Waals surface area contributed by atoms with Gasteiger partial charge in [-0.1, -0.05) is 12.1 Å². The lowest BCUT2D eigenvalue weighted by Gasteiger charge is -2.08. The molecule has 0 bridgehead atoms. The van der Waals surface area contributed by atoms with Crippen LogP contribution in [0.4, 0.5) is 0 Å². The molecule has 112 valence electrons.